The van der Waals surface area contributed by atoms with Crippen molar-refractivity contribution in [3.05, 3.63) is 41.7 Å². The number of halogens is 2. The Morgan fingerprint density at radius 3 is 2.67 bits per heavy atom. The number of nitrogens with one attached hydrogen (secondary N) is 2. The van der Waals surface area contributed by atoms with Gasteiger partial charge in [0.15, 0.2) is 23.3 Å². The highest BCUT2D eigenvalue weighted by Crippen LogP contribution is 2.18. The average molecular weight is 252 g/mol. The SMILES string of the molecule is NNc1nc(NCc2cccnn2)c(F)cc1F. The minimum atomic E-state index is -0.861. The number of hydrogen-bond donors (Lipinski definition) is 3. The number of nitrogens with two attached hydrogens (primary N) is 1. The van der Waals surface area contributed by atoms with E-state index in [0.717, 1.165) is 0 Å². The number of anilines is 2. The number of rotatable bonds is 4. The average Bonchev–Trinajstić information content (AvgIpc) is 2.39. The molecule has 4 N–H and O–H groups in total. The largest absolute Gasteiger partial charge is 0.362 e. The van der Waals surface area contributed by atoms with Crippen LogP contribution >= 0.6 is 0 Å². The first-order valence-electron chi connectivity index (χ1n) is 5.04. The van der Waals surface area contributed by atoms with Crippen molar-refractivity contribution in [1.29, 1.82) is 0 Å². The second-order valence-electron chi connectivity index (χ2n) is 3.36. The van der Waals surface area contributed by atoms with Crippen LogP contribution in [-0.2, 0) is 6.54 Å². The van der Waals surface area contributed by atoms with Gasteiger partial charge in [0, 0.05) is 12.3 Å². The van der Waals surface area contributed by atoms with E-state index in [1.807, 2.05) is 5.43 Å². The van der Waals surface area contributed by atoms with Crippen molar-refractivity contribution in [1.82, 2.24) is 15.2 Å². The molecule has 2 heterocycles. The summed E-state index contributed by atoms with van der Waals surface area (Å²) in [7, 11) is 0. The first-order valence-corrected chi connectivity index (χ1v) is 5.04. The third kappa shape index (κ3) is 2.66. The summed E-state index contributed by atoms with van der Waals surface area (Å²) in [5.74, 6) is 3.03. The molecule has 0 aromatic carbocycles. The Labute approximate surface area is 101 Å². The third-order valence-electron chi connectivity index (χ3n) is 2.13. The monoisotopic (exact) mass is 252 g/mol. The molecule has 0 atom stereocenters. The Bertz CT molecular complexity index is 533. The van der Waals surface area contributed by atoms with E-state index in [0.29, 0.717) is 11.8 Å². The molecule has 2 aromatic rings. The number of hydrazine groups is 1. The normalized spacial score (nSPS) is 10.2. The van der Waals surface area contributed by atoms with Crippen molar-refractivity contribution < 1.29 is 8.78 Å². The molecule has 0 radical (unpaired) electrons. The predicted octanol–water partition coefficient (Wildman–Crippen LogP) is 1.05. The molecule has 0 aliphatic heterocycles. The highest BCUT2D eigenvalue weighted by Gasteiger charge is 2.10. The number of nitrogens with zero attached hydrogens (tertiary/aromatic N) is 3. The lowest BCUT2D eigenvalue weighted by Gasteiger charge is -2.08. The Kier molecular flexibility index (Phi) is 3.58. The lowest BCUT2D eigenvalue weighted by atomic mass is 10.3. The summed E-state index contributed by atoms with van der Waals surface area (Å²) in [6.07, 6.45) is 1.52. The molecule has 0 saturated carbocycles. The molecule has 0 aliphatic carbocycles. The van der Waals surface area contributed by atoms with Crippen LogP contribution in [0.15, 0.2) is 24.4 Å². The molecular weight excluding hydrogens is 242 g/mol. The van der Waals surface area contributed by atoms with Crippen LogP contribution in [0.1, 0.15) is 5.69 Å². The van der Waals surface area contributed by atoms with Gasteiger partial charge in [-0.15, -0.1) is 0 Å². The van der Waals surface area contributed by atoms with Crippen LogP contribution in [0.2, 0.25) is 0 Å². The number of hydrogen-bond acceptors (Lipinski definition) is 6. The molecule has 0 amide bonds. The molecular formula is C10H10F2N6. The quantitative estimate of drug-likeness (QED) is 0.556. The number of pyridine rings is 1. The molecule has 6 nitrogen and oxygen atoms in total. The van der Waals surface area contributed by atoms with Gasteiger partial charge in [0.1, 0.15) is 0 Å². The highest BCUT2D eigenvalue weighted by molar-refractivity contribution is 5.46. The molecule has 0 spiro atoms. The van der Waals surface area contributed by atoms with Crippen molar-refractivity contribution in [3.8, 4) is 0 Å². The molecule has 8 heteroatoms. The second-order valence-corrected chi connectivity index (χ2v) is 3.36. The summed E-state index contributed by atoms with van der Waals surface area (Å²) in [5, 5.41) is 10.2. The fourth-order valence-electron chi connectivity index (χ4n) is 1.29. The van der Waals surface area contributed by atoms with E-state index in [-0.39, 0.29) is 18.2 Å². The fraction of sp³-hybridized carbons (Fsp3) is 0.100. The first-order chi connectivity index (χ1) is 8.70. The molecule has 2 aromatic heterocycles. The first kappa shape index (κ1) is 12.1. The Balaban J connectivity index is 2.14. The highest BCUT2D eigenvalue weighted by atomic mass is 19.1. The zero-order chi connectivity index (χ0) is 13.0. The minimum Gasteiger partial charge on any atom is -0.362 e. The predicted molar refractivity (Wildman–Crippen MR) is 61.3 cm³/mol. The van der Waals surface area contributed by atoms with E-state index < -0.39 is 11.6 Å². The van der Waals surface area contributed by atoms with Crippen LogP contribution in [0.3, 0.4) is 0 Å². The second kappa shape index (κ2) is 5.32. The molecule has 18 heavy (non-hydrogen) atoms. The van der Waals surface area contributed by atoms with Gasteiger partial charge in [-0.2, -0.15) is 10.2 Å². The van der Waals surface area contributed by atoms with E-state index in [2.05, 4.69) is 20.5 Å². The van der Waals surface area contributed by atoms with Gasteiger partial charge in [0.2, 0.25) is 0 Å². The summed E-state index contributed by atoms with van der Waals surface area (Å²) in [6, 6.07) is 4.11. The van der Waals surface area contributed by atoms with Gasteiger partial charge in [-0.1, -0.05) is 0 Å². The molecule has 0 aliphatic rings. The molecule has 0 fully saturated rings. The zero-order valence-corrected chi connectivity index (χ0v) is 9.19. The number of nitrogen functional groups attached to an aromatic ring is 1. The van der Waals surface area contributed by atoms with Crippen molar-refractivity contribution >= 4 is 11.6 Å². The van der Waals surface area contributed by atoms with Gasteiger partial charge in [0.05, 0.1) is 12.2 Å². The summed E-state index contributed by atoms with van der Waals surface area (Å²) >= 11 is 0. The Morgan fingerprint density at radius 2 is 2.00 bits per heavy atom. The smallest absolute Gasteiger partial charge is 0.178 e. The van der Waals surface area contributed by atoms with E-state index in [1.54, 1.807) is 12.1 Å². The van der Waals surface area contributed by atoms with Crippen molar-refractivity contribution in [2.45, 2.75) is 6.54 Å². The summed E-state index contributed by atoms with van der Waals surface area (Å²) in [6.45, 7) is 0.216. The van der Waals surface area contributed by atoms with Crippen LogP contribution in [-0.4, -0.2) is 15.2 Å². The van der Waals surface area contributed by atoms with E-state index in [4.69, 9.17) is 5.84 Å². The van der Waals surface area contributed by atoms with Gasteiger partial charge < -0.3 is 10.7 Å². The Morgan fingerprint density at radius 1 is 1.22 bits per heavy atom. The van der Waals surface area contributed by atoms with Crippen molar-refractivity contribution in [2.75, 3.05) is 10.7 Å². The summed E-state index contributed by atoms with van der Waals surface area (Å²) in [4.78, 5) is 3.66. The minimum absolute atomic E-state index is 0.116. The molecule has 0 saturated heterocycles. The van der Waals surface area contributed by atoms with Gasteiger partial charge in [-0.25, -0.2) is 19.6 Å². The standard InChI is InChI=1S/C10H10F2N6/c11-7-4-8(12)10(17-13)16-9(7)14-5-6-2-1-3-15-18-6/h1-4H,5,13H2,(H2,14,16,17). The third-order valence-corrected chi connectivity index (χ3v) is 2.13. The van der Waals surface area contributed by atoms with E-state index >= 15 is 0 Å². The maximum atomic E-state index is 13.4. The maximum absolute atomic E-state index is 13.4. The van der Waals surface area contributed by atoms with Crippen molar-refractivity contribution in [3.63, 3.8) is 0 Å². The van der Waals surface area contributed by atoms with Crippen LogP contribution in [0.5, 0.6) is 0 Å². The van der Waals surface area contributed by atoms with E-state index in [9.17, 15) is 8.78 Å². The fourth-order valence-corrected chi connectivity index (χ4v) is 1.29. The van der Waals surface area contributed by atoms with Crippen LogP contribution in [0.25, 0.3) is 0 Å². The number of aromatic nitrogens is 3. The van der Waals surface area contributed by atoms with Crippen LogP contribution in [0.4, 0.5) is 20.4 Å². The summed E-state index contributed by atoms with van der Waals surface area (Å²) < 4.78 is 26.5. The summed E-state index contributed by atoms with van der Waals surface area (Å²) in [5.41, 5.74) is 2.64. The topological polar surface area (TPSA) is 88.8 Å². The van der Waals surface area contributed by atoms with Gasteiger partial charge >= 0.3 is 0 Å². The molecule has 2 rings (SSSR count). The van der Waals surface area contributed by atoms with Gasteiger partial charge in [0.25, 0.3) is 0 Å². The molecule has 0 bridgehead atoms. The maximum Gasteiger partial charge on any atom is 0.178 e. The van der Waals surface area contributed by atoms with Gasteiger partial charge in [-0.3, -0.25) is 0 Å². The van der Waals surface area contributed by atoms with Crippen molar-refractivity contribution in [2.24, 2.45) is 5.84 Å². The lowest BCUT2D eigenvalue weighted by Crippen LogP contribution is -2.13. The van der Waals surface area contributed by atoms with Crippen LogP contribution in [0, 0.1) is 11.6 Å². The van der Waals surface area contributed by atoms with E-state index in [1.165, 1.54) is 6.20 Å². The Hall–Kier alpha value is -2.35. The molecule has 94 valence electrons. The zero-order valence-electron chi connectivity index (χ0n) is 9.19. The van der Waals surface area contributed by atoms with Gasteiger partial charge in [-0.05, 0) is 12.1 Å². The van der Waals surface area contributed by atoms with Crippen LogP contribution < -0.4 is 16.6 Å². The molecule has 0 unspecified atom stereocenters. The lowest BCUT2D eigenvalue weighted by molar-refractivity contribution is 0.578.